The Hall–Kier alpha value is 0.120. The van der Waals surface area contributed by atoms with Crippen molar-refractivity contribution in [2.75, 3.05) is 12.3 Å². The number of amides is 1. The Kier molecular flexibility index (Phi) is 22.6. The molecule has 0 rings (SSSR count). The van der Waals surface area contributed by atoms with Crippen molar-refractivity contribution in [3.05, 3.63) is 12.2 Å². The molecule has 27 heavy (non-hydrogen) atoms. The van der Waals surface area contributed by atoms with Crippen molar-refractivity contribution in [3.8, 4) is 0 Å². The van der Waals surface area contributed by atoms with Crippen molar-refractivity contribution >= 4 is 45.6 Å². The first-order chi connectivity index (χ1) is 12.5. The van der Waals surface area contributed by atoms with Crippen molar-refractivity contribution in [1.82, 2.24) is 5.32 Å². The van der Waals surface area contributed by atoms with Gasteiger partial charge < -0.3 is 5.32 Å². The SMILES string of the molecule is CCCCCCCC/C=C\CCCCCCCC(=O)NCCS(=O)(=O)O.[NaH]. The van der Waals surface area contributed by atoms with Crippen molar-refractivity contribution in [2.45, 2.75) is 96.8 Å². The molecule has 0 aromatic heterocycles. The summed E-state index contributed by atoms with van der Waals surface area (Å²) in [7, 11) is -3.99. The van der Waals surface area contributed by atoms with Crippen molar-refractivity contribution < 1.29 is 17.8 Å². The second-order valence-corrected chi connectivity index (χ2v) is 8.54. The molecule has 0 fully saturated rings. The van der Waals surface area contributed by atoms with Gasteiger partial charge in [0.05, 0.1) is 5.75 Å². The Morgan fingerprint density at radius 3 is 1.85 bits per heavy atom. The molecule has 0 saturated carbocycles. The van der Waals surface area contributed by atoms with E-state index in [2.05, 4.69) is 24.4 Å². The van der Waals surface area contributed by atoms with Crippen LogP contribution in [0.25, 0.3) is 0 Å². The van der Waals surface area contributed by atoms with Gasteiger partial charge in [-0.2, -0.15) is 8.42 Å². The van der Waals surface area contributed by atoms with Gasteiger partial charge in [0.1, 0.15) is 0 Å². The first-order valence-corrected chi connectivity index (χ1v) is 11.9. The van der Waals surface area contributed by atoms with Gasteiger partial charge in [-0.3, -0.25) is 9.35 Å². The number of allylic oxidation sites excluding steroid dienone is 2. The number of nitrogens with one attached hydrogen (secondary N) is 1. The summed E-state index contributed by atoms with van der Waals surface area (Å²) in [5, 5.41) is 2.50. The molecule has 2 N–H and O–H groups in total. The zero-order valence-corrected chi connectivity index (χ0v) is 17.4. The molecule has 0 atom stereocenters. The summed E-state index contributed by atoms with van der Waals surface area (Å²) in [6.45, 7) is 2.22. The van der Waals surface area contributed by atoms with Gasteiger partial charge in [-0.25, -0.2) is 0 Å². The second kappa shape index (κ2) is 20.8. The van der Waals surface area contributed by atoms with E-state index in [-0.39, 0.29) is 42.0 Å². The van der Waals surface area contributed by atoms with E-state index in [9.17, 15) is 13.2 Å². The number of hydrogen-bond acceptors (Lipinski definition) is 3. The summed E-state index contributed by atoms with van der Waals surface area (Å²) >= 11 is 0. The molecule has 0 radical (unpaired) electrons. The third-order valence-electron chi connectivity index (χ3n) is 4.35. The average molecular weight is 414 g/mol. The Bertz CT molecular complexity index is 467. The van der Waals surface area contributed by atoms with Crippen molar-refractivity contribution in [2.24, 2.45) is 0 Å². The van der Waals surface area contributed by atoms with Crippen molar-refractivity contribution in [3.63, 3.8) is 0 Å². The summed E-state index contributed by atoms with van der Waals surface area (Å²) in [6.07, 6.45) is 20.9. The van der Waals surface area contributed by atoms with Crippen LogP contribution in [0.1, 0.15) is 96.8 Å². The fraction of sp³-hybridized carbons (Fsp3) is 0.850. The van der Waals surface area contributed by atoms with E-state index in [0.717, 1.165) is 25.7 Å². The molecule has 0 aromatic carbocycles. The Balaban J connectivity index is 0. The van der Waals surface area contributed by atoms with Gasteiger partial charge >= 0.3 is 29.6 Å². The van der Waals surface area contributed by atoms with Gasteiger partial charge in [0.15, 0.2) is 0 Å². The van der Waals surface area contributed by atoms with Gasteiger partial charge in [-0.1, -0.05) is 70.4 Å². The van der Waals surface area contributed by atoms with Crippen LogP contribution in [0, 0.1) is 0 Å². The Morgan fingerprint density at radius 2 is 1.33 bits per heavy atom. The molecule has 5 nitrogen and oxygen atoms in total. The van der Waals surface area contributed by atoms with Crippen LogP contribution in [0.3, 0.4) is 0 Å². The predicted molar refractivity (Wildman–Crippen MR) is 116 cm³/mol. The van der Waals surface area contributed by atoms with Crippen LogP contribution in [-0.4, -0.2) is 60.7 Å². The number of hydrogen-bond donors (Lipinski definition) is 2. The molecule has 0 unspecified atom stereocenters. The van der Waals surface area contributed by atoms with Crippen LogP contribution in [0.2, 0.25) is 0 Å². The number of unbranched alkanes of at least 4 members (excludes halogenated alkanes) is 11. The van der Waals surface area contributed by atoms with Crippen LogP contribution in [-0.2, 0) is 14.9 Å². The molecular formula is C20H40NNaO4S. The molecule has 1 amide bonds. The van der Waals surface area contributed by atoms with Crippen LogP contribution >= 0.6 is 0 Å². The third-order valence-corrected chi connectivity index (χ3v) is 5.07. The van der Waals surface area contributed by atoms with Crippen LogP contribution in [0.5, 0.6) is 0 Å². The molecule has 0 spiro atoms. The molecule has 0 saturated heterocycles. The Morgan fingerprint density at radius 1 is 0.852 bits per heavy atom. The van der Waals surface area contributed by atoms with E-state index in [1.54, 1.807) is 0 Å². The van der Waals surface area contributed by atoms with E-state index in [1.807, 2.05) is 0 Å². The fourth-order valence-corrected chi connectivity index (χ4v) is 3.12. The molecule has 7 heteroatoms. The van der Waals surface area contributed by atoms with Crippen LogP contribution < -0.4 is 5.32 Å². The molecule has 0 aliphatic carbocycles. The minimum absolute atomic E-state index is 0. The molecule has 156 valence electrons. The Labute approximate surface area is 189 Å². The molecule has 0 aliphatic heterocycles. The second-order valence-electron chi connectivity index (χ2n) is 6.97. The van der Waals surface area contributed by atoms with Crippen LogP contribution in [0.4, 0.5) is 0 Å². The molecule has 0 aromatic rings. The maximum atomic E-state index is 11.5. The van der Waals surface area contributed by atoms with E-state index in [0.29, 0.717) is 6.42 Å². The topological polar surface area (TPSA) is 83.5 Å². The van der Waals surface area contributed by atoms with Gasteiger partial charge in [0.2, 0.25) is 5.91 Å². The number of carbonyl (C=O) groups is 1. The quantitative estimate of drug-likeness (QED) is 0.151. The van der Waals surface area contributed by atoms with E-state index in [4.69, 9.17) is 4.55 Å². The van der Waals surface area contributed by atoms with Crippen LogP contribution in [0.15, 0.2) is 12.2 Å². The molecule has 0 bridgehead atoms. The van der Waals surface area contributed by atoms with Gasteiger partial charge in [-0.15, -0.1) is 0 Å². The molecule has 0 aliphatic rings. The maximum absolute atomic E-state index is 11.5. The van der Waals surface area contributed by atoms with E-state index < -0.39 is 15.9 Å². The third kappa shape index (κ3) is 26.1. The summed E-state index contributed by atoms with van der Waals surface area (Å²) in [5.74, 6) is -0.572. The standard InChI is InChI=1S/C20H39NO4S.Na.H/c1-2-3-4-5-6-7-8-9-10-11-12-13-14-15-16-17-20(22)21-18-19-26(23,24)25;;/h9-10H,2-8,11-19H2,1H3,(H,21,22)(H,23,24,25);;/b10-9-;;. The number of carbonyl (C=O) groups excluding carboxylic acids is 1. The summed E-state index contributed by atoms with van der Waals surface area (Å²) in [6, 6.07) is 0. The normalized spacial score (nSPS) is 11.5. The summed E-state index contributed by atoms with van der Waals surface area (Å²) < 4.78 is 29.6. The first-order valence-electron chi connectivity index (χ1n) is 10.3. The van der Waals surface area contributed by atoms with E-state index in [1.165, 1.54) is 57.8 Å². The van der Waals surface area contributed by atoms with Gasteiger partial charge in [-0.05, 0) is 32.1 Å². The average Bonchev–Trinajstić information content (AvgIpc) is 2.57. The zero-order valence-electron chi connectivity index (χ0n) is 16.5. The van der Waals surface area contributed by atoms with E-state index >= 15 is 0 Å². The minimum atomic E-state index is -3.99. The molecular weight excluding hydrogens is 373 g/mol. The zero-order chi connectivity index (χ0) is 19.5. The first kappa shape index (κ1) is 29.3. The number of rotatable bonds is 18. The van der Waals surface area contributed by atoms with Gasteiger partial charge in [0.25, 0.3) is 10.1 Å². The monoisotopic (exact) mass is 413 g/mol. The fourth-order valence-electron chi connectivity index (χ4n) is 2.76. The predicted octanol–water partition coefficient (Wildman–Crippen LogP) is 4.38. The molecule has 0 heterocycles. The summed E-state index contributed by atoms with van der Waals surface area (Å²) in [5.41, 5.74) is 0. The van der Waals surface area contributed by atoms with Gasteiger partial charge in [0, 0.05) is 13.0 Å². The summed E-state index contributed by atoms with van der Waals surface area (Å²) in [4.78, 5) is 11.5. The van der Waals surface area contributed by atoms with Crippen molar-refractivity contribution in [1.29, 1.82) is 0 Å².